The van der Waals surface area contributed by atoms with Crippen molar-refractivity contribution in [3.05, 3.63) is 34.3 Å². The van der Waals surface area contributed by atoms with Crippen molar-refractivity contribution in [1.29, 1.82) is 0 Å². The largest absolute Gasteiger partial charge is 0.327 e. The van der Waals surface area contributed by atoms with Gasteiger partial charge in [-0.15, -0.1) is 0 Å². The number of benzene rings is 1. The average molecular weight is 240 g/mol. The number of hydrogen-bond donors (Lipinski definition) is 1. The topological polar surface area (TPSA) is 26.0 Å². The Labute approximate surface area is 87.5 Å². The lowest BCUT2D eigenvalue weighted by atomic mass is 9.90. The van der Waals surface area contributed by atoms with Crippen LogP contribution in [0.3, 0.4) is 0 Å². The lowest BCUT2D eigenvalue weighted by Crippen LogP contribution is -2.31. The van der Waals surface area contributed by atoms with E-state index in [2.05, 4.69) is 47.1 Å². The molecule has 0 heterocycles. The highest BCUT2D eigenvalue weighted by Crippen LogP contribution is 2.50. The third kappa shape index (κ3) is 1.53. The minimum Gasteiger partial charge on any atom is -0.327 e. The van der Waals surface area contributed by atoms with E-state index in [9.17, 15) is 0 Å². The zero-order valence-electron chi connectivity index (χ0n) is 7.76. The van der Waals surface area contributed by atoms with E-state index in [4.69, 9.17) is 5.73 Å². The van der Waals surface area contributed by atoms with Gasteiger partial charge in [0.2, 0.25) is 0 Å². The van der Waals surface area contributed by atoms with Gasteiger partial charge in [-0.25, -0.2) is 0 Å². The summed E-state index contributed by atoms with van der Waals surface area (Å²) >= 11 is 3.49. The molecule has 0 amide bonds. The van der Waals surface area contributed by atoms with Gasteiger partial charge in [0.25, 0.3) is 0 Å². The van der Waals surface area contributed by atoms with Crippen molar-refractivity contribution in [1.82, 2.24) is 0 Å². The Morgan fingerprint density at radius 1 is 1.46 bits per heavy atom. The van der Waals surface area contributed by atoms with Crippen LogP contribution in [0.4, 0.5) is 0 Å². The predicted octanol–water partition coefficient (Wildman–Crippen LogP) is 2.83. The molecule has 0 bridgehead atoms. The SMILES string of the molecule is CC(N)C1(c2cccc(Br)c2)CC1. The van der Waals surface area contributed by atoms with Gasteiger partial charge in [-0.3, -0.25) is 0 Å². The van der Waals surface area contributed by atoms with E-state index in [-0.39, 0.29) is 11.5 Å². The molecule has 2 heteroatoms. The average Bonchev–Trinajstić information content (AvgIpc) is 2.83. The second-order valence-electron chi connectivity index (χ2n) is 3.96. The molecule has 0 aromatic heterocycles. The molecule has 1 aliphatic rings. The van der Waals surface area contributed by atoms with Crippen LogP contribution in [0, 0.1) is 0 Å². The van der Waals surface area contributed by atoms with Crippen LogP contribution in [-0.4, -0.2) is 6.04 Å². The zero-order valence-corrected chi connectivity index (χ0v) is 9.34. The molecule has 1 atom stereocenters. The van der Waals surface area contributed by atoms with E-state index in [1.807, 2.05) is 0 Å². The highest BCUT2D eigenvalue weighted by Gasteiger charge is 2.47. The minimum atomic E-state index is 0.266. The minimum absolute atomic E-state index is 0.266. The molecule has 1 saturated carbocycles. The van der Waals surface area contributed by atoms with Crippen molar-refractivity contribution >= 4 is 15.9 Å². The molecule has 1 aromatic carbocycles. The summed E-state index contributed by atoms with van der Waals surface area (Å²) in [6, 6.07) is 8.78. The molecule has 0 saturated heterocycles. The maximum absolute atomic E-state index is 6.00. The summed E-state index contributed by atoms with van der Waals surface area (Å²) in [6.07, 6.45) is 2.47. The number of rotatable bonds is 2. The highest BCUT2D eigenvalue weighted by atomic mass is 79.9. The van der Waals surface area contributed by atoms with Crippen LogP contribution in [0.2, 0.25) is 0 Å². The fraction of sp³-hybridized carbons (Fsp3) is 0.455. The summed E-state index contributed by atoms with van der Waals surface area (Å²) in [5.74, 6) is 0. The molecule has 0 radical (unpaired) electrons. The molecule has 13 heavy (non-hydrogen) atoms. The molecule has 2 rings (SSSR count). The Hall–Kier alpha value is -0.340. The first kappa shape index (κ1) is 9.22. The first-order valence-electron chi connectivity index (χ1n) is 4.67. The van der Waals surface area contributed by atoms with Gasteiger partial charge >= 0.3 is 0 Å². The third-order valence-corrected chi connectivity index (χ3v) is 3.55. The number of nitrogens with two attached hydrogens (primary N) is 1. The van der Waals surface area contributed by atoms with Gasteiger partial charge < -0.3 is 5.73 Å². The van der Waals surface area contributed by atoms with Crippen LogP contribution in [0.5, 0.6) is 0 Å². The Kier molecular flexibility index (Phi) is 2.20. The van der Waals surface area contributed by atoms with Crippen molar-refractivity contribution in [2.24, 2.45) is 5.73 Å². The maximum Gasteiger partial charge on any atom is 0.0178 e. The van der Waals surface area contributed by atoms with Crippen LogP contribution >= 0.6 is 15.9 Å². The van der Waals surface area contributed by atoms with Gasteiger partial charge in [-0.2, -0.15) is 0 Å². The first-order chi connectivity index (χ1) is 6.15. The number of halogens is 1. The number of hydrogen-bond acceptors (Lipinski definition) is 1. The summed E-state index contributed by atoms with van der Waals surface area (Å²) in [5, 5.41) is 0. The zero-order chi connectivity index (χ0) is 9.47. The standard InChI is InChI=1S/C11H14BrN/c1-8(13)11(5-6-11)9-3-2-4-10(12)7-9/h2-4,7-8H,5-6,13H2,1H3. The summed E-state index contributed by atoms with van der Waals surface area (Å²) in [7, 11) is 0. The van der Waals surface area contributed by atoms with Crippen molar-refractivity contribution in [2.75, 3.05) is 0 Å². The summed E-state index contributed by atoms with van der Waals surface area (Å²) in [4.78, 5) is 0. The van der Waals surface area contributed by atoms with E-state index < -0.39 is 0 Å². The molecule has 0 spiro atoms. The van der Waals surface area contributed by atoms with Crippen LogP contribution in [0.25, 0.3) is 0 Å². The molecule has 2 N–H and O–H groups in total. The van der Waals surface area contributed by atoms with Gasteiger partial charge in [0, 0.05) is 15.9 Å². The Morgan fingerprint density at radius 3 is 2.62 bits per heavy atom. The molecule has 1 unspecified atom stereocenters. The summed E-state index contributed by atoms with van der Waals surface area (Å²) in [5.41, 5.74) is 7.67. The fourth-order valence-corrected chi connectivity index (χ4v) is 2.34. The Morgan fingerprint density at radius 2 is 2.15 bits per heavy atom. The van der Waals surface area contributed by atoms with Crippen molar-refractivity contribution < 1.29 is 0 Å². The van der Waals surface area contributed by atoms with E-state index in [0.717, 1.165) is 4.47 Å². The van der Waals surface area contributed by atoms with Crippen LogP contribution in [0.1, 0.15) is 25.3 Å². The second-order valence-corrected chi connectivity index (χ2v) is 4.87. The molecule has 0 aliphatic heterocycles. The quantitative estimate of drug-likeness (QED) is 0.845. The molecule has 1 fully saturated rings. The lowest BCUT2D eigenvalue weighted by molar-refractivity contribution is 0.556. The second kappa shape index (κ2) is 3.10. The van der Waals surface area contributed by atoms with Gasteiger partial charge in [-0.1, -0.05) is 28.1 Å². The summed E-state index contributed by atoms with van der Waals surface area (Å²) in [6.45, 7) is 2.11. The first-order valence-corrected chi connectivity index (χ1v) is 5.46. The van der Waals surface area contributed by atoms with Gasteiger partial charge in [0.1, 0.15) is 0 Å². The third-order valence-electron chi connectivity index (χ3n) is 3.06. The Balaban J connectivity index is 2.35. The summed E-state index contributed by atoms with van der Waals surface area (Å²) < 4.78 is 1.15. The monoisotopic (exact) mass is 239 g/mol. The van der Waals surface area contributed by atoms with E-state index in [1.54, 1.807) is 0 Å². The van der Waals surface area contributed by atoms with E-state index in [0.29, 0.717) is 0 Å². The van der Waals surface area contributed by atoms with Gasteiger partial charge in [-0.05, 0) is 37.5 Å². The van der Waals surface area contributed by atoms with Crippen molar-refractivity contribution in [2.45, 2.75) is 31.2 Å². The van der Waals surface area contributed by atoms with E-state index in [1.165, 1.54) is 18.4 Å². The van der Waals surface area contributed by atoms with Crippen LogP contribution in [-0.2, 0) is 5.41 Å². The fourth-order valence-electron chi connectivity index (χ4n) is 1.94. The van der Waals surface area contributed by atoms with Gasteiger partial charge in [0.15, 0.2) is 0 Å². The molecule has 70 valence electrons. The molecule has 1 aromatic rings. The Bertz CT molecular complexity index is 316. The molecular weight excluding hydrogens is 226 g/mol. The highest BCUT2D eigenvalue weighted by molar-refractivity contribution is 9.10. The molecule has 1 aliphatic carbocycles. The lowest BCUT2D eigenvalue weighted by Gasteiger charge is -2.20. The predicted molar refractivity (Wildman–Crippen MR) is 58.7 cm³/mol. The van der Waals surface area contributed by atoms with Crippen LogP contribution in [0.15, 0.2) is 28.7 Å². The van der Waals surface area contributed by atoms with Gasteiger partial charge in [0.05, 0.1) is 0 Å². The molecule has 1 nitrogen and oxygen atoms in total. The van der Waals surface area contributed by atoms with Crippen LogP contribution < -0.4 is 5.73 Å². The normalized spacial score (nSPS) is 21.2. The molecular formula is C11H14BrN. The van der Waals surface area contributed by atoms with E-state index >= 15 is 0 Å². The van der Waals surface area contributed by atoms with Crippen molar-refractivity contribution in [3.63, 3.8) is 0 Å². The maximum atomic E-state index is 6.00. The van der Waals surface area contributed by atoms with Crippen molar-refractivity contribution in [3.8, 4) is 0 Å². The smallest absolute Gasteiger partial charge is 0.0178 e.